The lowest BCUT2D eigenvalue weighted by Gasteiger charge is -2.11. The molecule has 96 valence electrons. The van der Waals surface area contributed by atoms with Gasteiger partial charge in [0.1, 0.15) is 17.4 Å². The summed E-state index contributed by atoms with van der Waals surface area (Å²) in [5.74, 6) is -1.13. The number of hydrogen-bond acceptors (Lipinski definition) is 4. The molecule has 4 nitrogen and oxygen atoms in total. The Bertz CT molecular complexity index is 500. The van der Waals surface area contributed by atoms with Crippen molar-refractivity contribution in [2.75, 3.05) is 7.11 Å². The smallest absolute Gasteiger partial charge is 0.387 e. The highest BCUT2D eigenvalue weighted by atomic mass is 79.9. The molecule has 0 atom stereocenters. The molecule has 1 aromatic carbocycles. The third-order valence-electron chi connectivity index (χ3n) is 2.05. The van der Waals surface area contributed by atoms with E-state index in [1.807, 2.05) is 0 Å². The monoisotopic (exact) mass is 319 g/mol. The zero-order valence-corrected chi connectivity index (χ0v) is 10.8. The van der Waals surface area contributed by atoms with Crippen LogP contribution in [0.5, 0.6) is 5.75 Å². The third-order valence-corrected chi connectivity index (χ3v) is 2.70. The molecule has 0 bridgehead atoms. The maximum absolute atomic E-state index is 12.2. The molecular weight excluding hydrogens is 312 g/mol. The summed E-state index contributed by atoms with van der Waals surface area (Å²) < 4.78 is 33.2. The Labute approximate surface area is 110 Å². The van der Waals surface area contributed by atoms with E-state index in [0.717, 1.165) is 7.11 Å². The molecule has 0 N–H and O–H groups in total. The molecule has 0 saturated carbocycles. The van der Waals surface area contributed by atoms with Crippen LogP contribution in [-0.4, -0.2) is 19.7 Å². The van der Waals surface area contributed by atoms with Gasteiger partial charge < -0.3 is 9.47 Å². The van der Waals surface area contributed by atoms with E-state index in [1.165, 1.54) is 12.1 Å². The summed E-state index contributed by atoms with van der Waals surface area (Å²) in [5, 5.41) is 9.25. The van der Waals surface area contributed by atoms with Gasteiger partial charge in [-0.15, -0.1) is 0 Å². The molecule has 0 spiro atoms. The lowest BCUT2D eigenvalue weighted by molar-refractivity contribution is -0.0501. The van der Waals surface area contributed by atoms with Crippen molar-refractivity contribution in [2.45, 2.75) is 11.9 Å². The first-order chi connectivity index (χ1) is 8.53. The number of methoxy groups -OCH3 is 1. The summed E-state index contributed by atoms with van der Waals surface area (Å²) in [6, 6.07) is 4.32. The summed E-state index contributed by atoms with van der Waals surface area (Å²) in [6.07, 6.45) is 0. The molecule has 0 unspecified atom stereocenters. The summed E-state index contributed by atoms with van der Waals surface area (Å²) >= 11 is 3.13. The van der Waals surface area contributed by atoms with Gasteiger partial charge in [-0.3, -0.25) is 0 Å². The largest absolute Gasteiger partial charge is 0.465 e. The van der Waals surface area contributed by atoms with Crippen LogP contribution in [0.25, 0.3) is 0 Å². The van der Waals surface area contributed by atoms with Crippen LogP contribution in [0.1, 0.15) is 21.5 Å². The van der Waals surface area contributed by atoms with Gasteiger partial charge >= 0.3 is 12.6 Å². The molecule has 7 heteroatoms. The fourth-order valence-electron chi connectivity index (χ4n) is 1.32. The zero-order chi connectivity index (χ0) is 13.7. The fraction of sp³-hybridized carbons (Fsp3) is 0.273. The number of benzene rings is 1. The molecule has 0 amide bonds. The molecule has 0 fully saturated rings. The van der Waals surface area contributed by atoms with E-state index in [9.17, 15) is 13.6 Å². The minimum Gasteiger partial charge on any atom is -0.465 e. The first-order valence-corrected chi connectivity index (χ1v) is 5.81. The third kappa shape index (κ3) is 3.17. The van der Waals surface area contributed by atoms with Crippen LogP contribution in [0.3, 0.4) is 0 Å². The van der Waals surface area contributed by atoms with Crippen molar-refractivity contribution in [1.29, 1.82) is 5.26 Å². The van der Waals surface area contributed by atoms with Crippen LogP contribution in [0, 0.1) is 11.3 Å². The Kier molecular flexibility index (Phi) is 5.04. The van der Waals surface area contributed by atoms with Crippen LogP contribution in [0.2, 0.25) is 0 Å². The second-order valence-electron chi connectivity index (χ2n) is 3.13. The van der Waals surface area contributed by atoms with E-state index >= 15 is 0 Å². The number of hydrogen-bond donors (Lipinski definition) is 0. The van der Waals surface area contributed by atoms with Crippen LogP contribution in [0.4, 0.5) is 8.78 Å². The fourth-order valence-corrected chi connectivity index (χ4v) is 1.65. The number of nitriles is 1. The van der Waals surface area contributed by atoms with Gasteiger partial charge in [0.15, 0.2) is 0 Å². The number of ether oxygens (including phenoxy) is 2. The zero-order valence-electron chi connectivity index (χ0n) is 9.25. The molecule has 0 aliphatic heterocycles. The topological polar surface area (TPSA) is 59.3 Å². The lowest BCUT2D eigenvalue weighted by atomic mass is 10.0. The summed E-state index contributed by atoms with van der Waals surface area (Å²) in [5.41, 5.74) is 0.143. The Morgan fingerprint density at radius 3 is 2.67 bits per heavy atom. The highest BCUT2D eigenvalue weighted by Crippen LogP contribution is 2.27. The molecule has 18 heavy (non-hydrogen) atoms. The van der Waals surface area contributed by atoms with Crippen molar-refractivity contribution in [3.05, 3.63) is 28.8 Å². The Hall–Kier alpha value is -1.68. The van der Waals surface area contributed by atoms with Crippen LogP contribution in [0.15, 0.2) is 12.1 Å². The second kappa shape index (κ2) is 6.31. The van der Waals surface area contributed by atoms with Gasteiger partial charge in [-0.05, 0) is 17.7 Å². The van der Waals surface area contributed by atoms with Gasteiger partial charge in [0.2, 0.25) is 0 Å². The molecule has 0 aromatic heterocycles. The van der Waals surface area contributed by atoms with E-state index in [-0.39, 0.29) is 16.9 Å². The van der Waals surface area contributed by atoms with Gasteiger partial charge in [-0.2, -0.15) is 14.0 Å². The average molecular weight is 320 g/mol. The predicted molar refractivity (Wildman–Crippen MR) is 61.8 cm³/mol. The lowest BCUT2D eigenvalue weighted by Crippen LogP contribution is -2.10. The highest BCUT2D eigenvalue weighted by Gasteiger charge is 2.20. The average Bonchev–Trinajstić information content (AvgIpc) is 2.36. The van der Waals surface area contributed by atoms with Crippen molar-refractivity contribution < 1.29 is 23.0 Å². The number of halogens is 3. The van der Waals surface area contributed by atoms with Gasteiger partial charge in [0.25, 0.3) is 0 Å². The molecule has 0 aliphatic rings. The van der Waals surface area contributed by atoms with E-state index in [2.05, 4.69) is 25.4 Å². The molecule has 1 rings (SSSR count). The quantitative estimate of drug-likeness (QED) is 0.632. The minimum atomic E-state index is -3.08. The number of carbonyl (C=O) groups excluding carboxylic acids is 1. The molecule has 1 aromatic rings. The number of nitrogens with zero attached hydrogens (tertiary/aromatic N) is 1. The van der Waals surface area contributed by atoms with Gasteiger partial charge in [-0.25, -0.2) is 4.79 Å². The van der Waals surface area contributed by atoms with Crippen LogP contribution < -0.4 is 4.74 Å². The Morgan fingerprint density at radius 1 is 1.56 bits per heavy atom. The maximum atomic E-state index is 12.2. The van der Waals surface area contributed by atoms with Crippen molar-refractivity contribution in [3.63, 3.8) is 0 Å². The maximum Gasteiger partial charge on any atom is 0.387 e. The Balaban J connectivity index is 3.40. The van der Waals surface area contributed by atoms with Crippen LogP contribution in [-0.2, 0) is 10.1 Å². The molecule has 0 radical (unpaired) electrons. The van der Waals surface area contributed by atoms with Gasteiger partial charge in [0.05, 0.1) is 12.7 Å². The number of alkyl halides is 3. The van der Waals surface area contributed by atoms with Crippen molar-refractivity contribution >= 4 is 21.9 Å². The Morgan fingerprint density at radius 2 is 2.22 bits per heavy atom. The number of rotatable bonds is 4. The van der Waals surface area contributed by atoms with E-state index in [1.54, 1.807) is 6.07 Å². The van der Waals surface area contributed by atoms with Crippen LogP contribution >= 0.6 is 15.9 Å². The minimum absolute atomic E-state index is 0.104. The molecule has 0 heterocycles. The standard InChI is InChI=1S/C11H8BrF2NO3/c1-17-10(16)7-2-6(4-12)3-9(8(7)5-15)18-11(13)14/h2-3,11H,4H2,1H3. The first-order valence-electron chi connectivity index (χ1n) is 4.69. The first kappa shape index (κ1) is 14.4. The van der Waals surface area contributed by atoms with Crippen molar-refractivity contribution in [2.24, 2.45) is 0 Å². The second-order valence-corrected chi connectivity index (χ2v) is 3.69. The van der Waals surface area contributed by atoms with E-state index in [4.69, 9.17) is 5.26 Å². The molecule has 0 saturated heterocycles. The summed E-state index contributed by atoms with van der Waals surface area (Å²) in [7, 11) is 1.14. The highest BCUT2D eigenvalue weighted by molar-refractivity contribution is 9.08. The molecular formula is C11H8BrF2NO3. The van der Waals surface area contributed by atoms with Gasteiger partial charge in [0, 0.05) is 5.33 Å². The SMILES string of the molecule is COC(=O)c1cc(CBr)cc(OC(F)F)c1C#N. The van der Waals surface area contributed by atoms with E-state index in [0.29, 0.717) is 10.9 Å². The predicted octanol–water partition coefficient (Wildman–Crippen LogP) is 2.84. The van der Waals surface area contributed by atoms with Crippen molar-refractivity contribution in [1.82, 2.24) is 0 Å². The van der Waals surface area contributed by atoms with Gasteiger partial charge in [-0.1, -0.05) is 15.9 Å². The summed E-state index contributed by atoms with van der Waals surface area (Å²) in [4.78, 5) is 11.5. The summed E-state index contributed by atoms with van der Waals surface area (Å²) in [6.45, 7) is -3.08. The normalized spacial score (nSPS) is 10.0. The number of esters is 1. The molecule has 0 aliphatic carbocycles. The van der Waals surface area contributed by atoms with E-state index < -0.39 is 12.6 Å². The number of carbonyl (C=O) groups is 1. The van der Waals surface area contributed by atoms with Crippen molar-refractivity contribution in [3.8, 4) is 11.8 Å².